The van der Waals surface area contributed by atoms with E-state index >= 15 is 0 Å². The number of esters is 1. The van der Waals surface area contributed by atoms with Gasteiger partial charge < -0.3 is 14.8 Å². The molecule has 2 aromatic carbocycles. The molecule has 142 valence electrons. The molecule has 1 atom stereocenters. The number of benzene rings is 2. The van der Waals surface area contributed by atoms with Gasteiger partial charge in [0, 0.05) is 12.1 Å². The number of amides is 1. The van der Waals surface area contributed by atoms with Crippen LogP contribution in [0.2, 0.25) is 0 Å². The van der Waals surface area contributed by atoms with Crippen LogP contribution in [0.1, 0.15) is 13.3 Å². The number of nitro benzene ring substituents is 1. The van der Waals surface area contributed by atoms with Crippen LogP contribution in [0.4, 0.5) is 15.8 Å². The molecule has 2 aromatic rings. The van der Waals surface area contributed by atoms with Gasteiger partial charge in [-0.15, -0.1) is 0 Å². The molecule has 8 nitrogen and oxygen atoms in total. The Hall–Kier alpha value is -3.49. The first-order chi connectivity index (χ1) is 12.9. The number of halogens is 1. The molecule has 27 heavy (non-hydrogen) atoms. The van der Waals surface area contributed by atoms with Gasteiger partial charge in [0.1, 0.15) is 11.6 Å². The van der Waals surface area contributed by atoms with E-state index in [1.54, 1.807) is 37.3 Å². The predicted octanol–water partition coefficient (Wildman–Crippen LogP) is 3.07. The quantitative estimate of drug-likeness (QED) is 0.431. The van der Waals surface area contributed by atoms with Gasteiger partial charge in [-0.25, -0.2) is 9.18 Å². The van der Waals surface area contributed by atoms with Crippen molar-refractivity contribution in [2.75, 3.05) is 11.9 Å². The first-order valence-electron chi connectivity index (χ1n) is 8.02. The molecule has 9 heteroatoms. The molecule has 1 N–H and O–H groups in total. The smallest absolute Gasteiger partial charge is 0.347 e. The largest absolute Gasteiger partial charge is 0.479 e. The number of hydrogen-bond acceptors (Lipinski definition) is 6. The van der Waals surface area contributed by atoms with Crippen molar-refractivity contribution in [1.82, 2.24) is 0 Å². The van der Waals surface area contributed by atoms with Crippen molar-refractivity contribution in [2.24, 2.45) is 0 Å². The highest BCUT2D eigenvalue weighted by Gasteiger charge is 2.21. The third-order valence-corrected chi connectivity index (χ3v) is 3.44. The zero-order chi connectivity index (χ0) is 19.8. The molecular weight excluding hydrogens is 359 g/mol. The Morgan fingerprint density at radius 2 is 1.93 bits per heavy atom. The van der Waals surface area contributed by atoms with E-state index in [2.05, 4.69) is 5.32 Å². The van der Waals surface area contributed by atoms with Gasteiger partial charge in [0.25, 0.3) is 11.6 Å². The maximum atomic E-state index is 13.7. The van der Waals surface area contributed by atoms with Crippen LogP contribution in [0.15, 0.2) is 48.5 Å². The lowest BCUT2D eigenvalue weighted by molar-refractivity contribution is -0.384. The highest BCUT2D eigenvalue weighted by molar-refractivity contribution is 5.93. The van der Waals surface area contributed by atoms with E-state index in [0.717, 1.165) is 18.2 Å². The zero-order valence-electron chi connectivity index (χ0n) is 14.4. The van der Waals surface area contributed by atoms with Gasteiger partial charge in [-0.05, 0) is 24.6 Å². The summed E-state index contributed by atoms with van der Waals surface area (Å²) in [6.45, 7) is 1.03. The number of ether oxygens (including phenoxy) is 2. The molecule has 1 amide bonds. The minimum atomic E-state index is -0.908. The summed E-state index contributed by atoms with van der Waals surface area (Å²) in [4.78, 5) is 33.9. The lowest BCUT2D eigenvalue weighted by Gasteiger charge is -2.16. The Labute approximate surface area is 154 Å². The molecule has 1 unspecified atom stereocenters. The van der Waals surface area contributed by atoms with E-state index in [-0.39, 0.29) is 11.4 Å². The number of nitrogens with one attached hydrogen (secondary N) is 1. The van der Waals surface area contributed by atoms with Crippen molar-refractivity contribution in [3.05, 3.63) is 64.5 Å². The summed E-state index contributed by atoms with van der Waals surface area (Å²) in [6, 6.07) is 11.3. The summed E-state index contributed by atoms with van der Waals surface area (Å²) in [5, 5.41) is 12.8. The molecule has 0 spiro atoms. The predicted molar refractivity (Wildman–Crippen MR) is 93.8 cm³/mol. The van der Waals surface area contributed by atoms with E-state index in [1.165, 1.54) is 0 Å². The fraction of sp³-hybridized carbons (Fsp3) is 0.222. The normalized spacial score (nSPS) is 11.3. The first kappa shape index (κ1) is 19.8. The van der Waals surface area contributed by atoms with Crippen molar-refractivity contribution in [2.45, 2.75) is 19.4 Å². The van der Waals surface area contributed by atoms with Crippen LogP contribution in [0.25, 0.3) is 0 Å². The van der Waals surface area contributed by atoms with Crippen LogP contribution in [-0.2, 0) is 14.3 Å². The van der Waals surface area contributed by atoms with E-state index in [1.807, 2.05) is 0 Å². The summed E-state index contributed by atoms with van der Waals surface area (Å²) in [5.41, 5.74) is -0.760. The third-order valence-electron chi connectivity index (χ3n) is 3.44. The molecular formula is C18H17FN2O6. The molecule has 0 aromatic heterocycles. The number of nitrogens with zero attached hydrogens (tertiary/aromatic N) is 1. The molecule has 0 saturated heterocycles. The van der Waals surface area contributed by atoms with Crippen LogP contribution in [0.5, 0.6) is 5.75 Å². The number of hydrogen-bond donors (Lipinski definition) is 1. The fourth-order valence-electron chi connectivity index (χ4n) is 2.10. The molecule has 0 radical (unpaired) electrons. The van der Waals surface area contributed by atoms with Gasteiger partial charge in [-0.3, -0.25) is 14.9 Å². The minimum Gasteiger partial charge on any atom is -0.479 e. The fourth-order valence-corrected chi connectivity index (χ4v) is 2.10. The summed E-state index contributed by atoms with van der Waals surface area (Å²) < 4.78 is 24.0. The number of anilines is 1. The average molecular weight is 376 g/mol. The van der Waals surface area contributed by atoms with Gasteiger partial charge in [0.05, 0.1) is 10.6 Å². The zero-order valence-corrected chi connectivity index (χ0v) is 14.4. The Kier molecular flexibility index (Phi) is 6.81. The average Bonchev–Trinajstić information content (AvgIpc) is 2.66. The van der Waals surface area contributed by atoms with Crippen LogP contribution >= 0.6 is 0 Å². The standard InChI is InChI=1S/C18H17FN2O6/c1-2-16(27-13-6-4-3-5-7-13)18(23)26-11-17(22)20-15-10-12(21(24)25)8-9-14(15)19/h3-10,16H,2,11H2,1H3,(H,20,22). The molecule has 0 aliphatic heterocycles. The number of carbonyl (C=O) groups is 2. The van der Waals surface area contributed by atoms with Gasteiger partial charge in [0.15, 0.2) is 12.7 Å². The van der Waals surface area contributed by atoms with E-state index in [0.29, 0.717) is 12.2 Å². The van der Waals surface area contributed by atoms with Crippen molar-refractivity contribution < 1.29 is 28.4 Å². The maximum absolute atomic E-state index is 13.7. The van der Waals surface area contributed by atoms with Crippen molar-refractivity contribution in [3.63, 3.8) is 0 Å². The topological polar surface area (TPSA) is 108 Å². The number of nitro groups is 1. The Bertz CT molecular complexity index is 828. The highest BCUT2D eigenvalue weighted by Crippen LogP contribution is 2.21. The van der Waals surface area contributed by atoms with Crippen LogP contribution < -0.4 is 10.1 Å². The van der Waals surface area contributed by atoms with Crippen molar-refractivity contribution >= 4 is 23.3 Å². The minimum absolute atomic E-state index is 0.314. The SMILES string of the molecule is CCC(Oc1ccccc1)C(=O)OCC(=O)Nc1cc([N+](=O)[O-])ccc1F. The lowest BCUT2D eigenvalue weighted by atomic mass is 10.2. The molecule has 0 saturated carbocycles. The number of rotatable bonds is 8. The second kappa shape index (κ2) is 9.27. The van der Waals surface area contributed by atoms with Gasteiger partial charge in [-0.1, -0.05) is 25.1 Å². The van der Waals surface area contributed by atoms with Crippen LogP contribution in [-0.4, -0.2) is 29.5 Å². The highest BCUT2D eigenvalue weighted by atomic mass is 19.1. The van der Waals surface area contributed by atoms with Gasteiger partial charge in [0.2, 0.25) is 0 Å². The summed E-state index contributed by atoms with van der Waals surface area (Å²) in [5.74, 6) is -1.96. The van der Waals surface area contributed by atoms with Crippen LogP contribution in [0.3, 0.4) is 0 Å². The molecule has 0 aliphatic carbocycles. The lowest BCUT2D eigenvalue weighted by Crippen LogP contribution is -2.31. The van der Waals surface area contributed by atoms with E-state index in [9.17, 15) is 24.1 Å². The van der Waals surface area contributed by atoms with E-state index < -0.39 is 35.3 Å². The van der Waals surface area contributed by atoms with Crippen LogP contribution in [0, 0.1) is 15.9 Å². The Morgan fingerprint density at radius 1 is 1.22 bits per heavy atom. The van der Waals surface area contributed by atoms with Crippen molar-refractivity contribution in [3.8, 4) is 5.75 Å². The summed E-state index contributed by atoms with van der Waals surface area (Å²) >= 11 is 0. The molecule has 0 fully saturated rings. The molecule has 2 rings (SSSR count). The number of non-ortho nitro benzene ring substituents is 1. The second-order valence-corrected chi connectivity index (χ2v) is 5.40. The first-order valence-corrected chi connectivity index (χ1v) is 8.02. The third kappa shape index (κ3) is 5.77. The van der Waals surface area contributed by atoms with Gasteiger partial charge in [-0.2, -0.15) is 0 Å². The van der Waals surface area contributed by atoms with E-state index in [4.69, 9.17) is 9.47 Å². The molecule has 0 heterocycles. The summed E-state index contributed by atoms with van der Waals surface area (Å²) in [7, 11) is 0. The summed E-state index contributed by atoms with van der Waals surface area (Å²) in [6.07, 6.45) is -0.593. The Balaban J connectivity index is 1.91. The van der Waals surface area contributed by atoms with Gasteiger partial charge >= 0.3 is 5.97 Å². The van der Waals surface area contributed by atoms with Crippen molar-refractivity contribution in [1.29, 1.82) is 0 Å². The molecule has 0 aliphatic rings. The Morgan fingerprint density at radius 3 is 2.56 bits per heavy atom. The maximum Gasteiger partial charge on any atom is 0.347 e. The number of para-hydroxylation sites is 1. The number of carbonyl (C=O) groups excluding carboxylic acids is 2. The molecule has 0 bridgehead atoms. The second-order valence-electron chi connectivity index (χ2n) is 5.40. The monoisotopic (exact) mass is 376 g/mol.